The van der Waals surface area contributed by atoms with Crippen LogP contribution in [0.4, 0.5) is 4.79 Å². The number of rotatable bonds is 3. The maximum Gasteiger partial charge on any atom is 0.409 e. The van der Waals surface area contributed by atoms with Gasteiger partial charge in [-0.05, 0) is 20.8 Å². The van der Waals surface area contributed by atoms with Crippen LogP contribution in [0.1, 0.15) is 20.8 Å². The van der Waals surface area contributed by atoms with E-state index in [9.17, 15) is 9.59 Å². The molecule has 0 aromatic heterocycles. The van der Waals surface area contributed by atoms with Crippen molar-refractivity contribution in [1.29, 1.82) is 5.26 Å². The predicted octanol–water partition coefficient (Wildman–Crippen LogP) is 1.14. The summed E-state index contributed by atoms with van der Waals surface area (Å²) in [5, 5.41) is 10.7. The molecule has 90 valence electrons. The lowest BCUT2D eigenvalue weighted by Crippen LogP contribution is -2.43. The number of ether oxygens (including phenoxy) is 2. The summed E-state index contributed by atoms with van der Waals surface area (Å²) < 4.78 is 9.22. The smallest absolute Gasteiger partial charge is 0.409 e. The molecule has 0 aromatic rings. The van der Waals surface area contributed by atoms with Crippen LogP contribution in [0.25, 0.3) is 0 Å². The van der Waals surface area contributed by atoms with E-state index in [1.807, 2.05) is 0 Å². The normalized spacial score (nSPS) is 12.2. The first-order valence-electron chi connectivity index (χ1n) is 4.42. The summed E-state index contributed by atoms with van der Waals surface area (Å²) in [5.41, 5.74) is -0.708. The number of carbonyl (C=O) groups is 2. The third-order valence-electron chi connectivity index (χ3n) is 1.22. The zero-order valence-electron chi connectivity index (χ0n) is 9.24. The van der Waals surface area contributed by atoms with E-state index in [0.29, 0.717) is 0 Å². The maximum atomic E-state index is 11.2. The van der Waals surface area contributed by atoms with Crippen molar-refractivity contribution in [3.05, 3.63) is 0 Å². The molecule has 7 heteroatoms. The Bertz CT molecular complexity index is 306. The highest BCUT2D eigenvalue weighted by Crippen LogP contribution is 2.06. The molecule has 1 N–H and O–H groups in total. The second-order valence-corrected chi connectivity index (χ2v) is 4.00. The number of alkyl carbamates (subject to hydrolysis) is 1. The van der Waals surface area contributed by atoms with E-state index in [1.54, 1.807) is 26.8 Å². The molecule has 0 fully saturated rings. The van der Waals surface area contributed by atoms with Crippen molar-refractivity contribution in [2.45, 2.75) is 32.4 Å². The van der Waals surface area contributed by atoms with Crippen LogP contribution in [-0.4, -0.2) is 29.8 Å². The molecule has 16 heavy (non-hydrogen) atoms. The van der Waals surface area contributed by atoms with Crippen molar-refractivity contribution in [3.63, 3.8) is 0 Å². The summed E-state index contributed by atoms with van der Waals surface area (Å²) in [4.78, 5) is 22.3. The minimum Gasteiger partial charge on any atom is -0.447 e. The van der Waals surface area contributed by atoms with Crippen LogP contribution >= 0.6 is 11.6 Å². The van der Waals surface area contributed by atoms with E-state index < -0.39 is 23.7 Å². The Morgan fingerprint density at radius 1 is 1.50 bits per heavy atom. The molecule has 0 saturated carbocycles. The fraction of sp³-hybridized carbons (Fsp3) is 0.667. The van der Waals surface area contributed by atoms with Crippen molar-refractivity contribution >= 4 is 23.7 Å². The maximum absolute atomic E-state index is 11.2. The van der Waals surface area contributed by atoms with Gasteiger partial charge in [0.25, 0.3) is 0 Å². The van der Waals surface area contributed by atoms with E-state index >= 15 is 0 Å². The van der Waals surface area contributed by atoms with Crippen LogP contribution in [0, 0.1) is 11.3 Å². The van der Waals surface area contributed by atoms with Crippen LogP contribution in [0.5, 0.6) is 0 Å². The average Bonchev–Trinajstić information content (AvgIpc) is 2.11. The van der Waals surface area contributed by atoms with Gasteiger partial charge in [0.1, 0.15) is 5.60 Å². The molecule has 0 saturated heterocycles. The molecule has 6 nitrogen and oxygen atoms in total. The molecule has 0 aliphatic heterocycles. The molecule has 0 radical (unpaired) electrons. The Morgan fingerprint density at radius 2 is 2.06 bits per heavy atom. The molecule has 0 rings (SSSR count). The van der Waals surface area contributed by atoms with Crippen LogP contribution < -0.4 is 5.32 Å². The van der Waals surface area contributed by atoms with Gasteiger partial charge in [0.05, 0.1) is 6.07 Å². The molecular weight excluding hydrogens is 236 g/mol. The molecule has 0 bridgehead atoms. The van der Waals surface area contributed by atoms with Gasteiger partial charge in [0.15, 0.2) is 6.07 Å². The molecule has 0 aliphatic rings. The SMILES string of the molecule is CC(C)(C)OC(=O)NC(C#N)C(=O)OCCl. The van der Waals surface area contributed by atoms with Crippen molar-refractivity contribution in [2.24, 2.45) is 0 Å². The fourth-order valence-electron chi connectivity index (χ4n) is 0.706. The molecular formula is C9H13ClN2O4. The number of halogens is 1. The second-order valence-electron chi connectivity index (χ2n) is 3.78. The van der Waals surface area contributed by atoms with Crippen LogP contribution in [0.15, 0.2) is 0 Å². The number of alkyl halides is 1. The summed E-state index contributed by atoms with van der Waals surface area (Å²) in [5.74, 6) is -0.927. The number of hydrogen-bond donors (Lipinski definition) is 1. The van der Waals surface area contributed by atoms with E-state index in [0.717, 1.165) is 0 Å². The Balaban J connectivity index is 4.30. The Labute approximate surface area is 98.5 Å². The lowest BCUT2D eigenvalue weighted by atomic mass is 10.2. The lowest BCUT2D eigenvalue weighted by molar-refractivity contribution is -0.142. The number of esters is 1. The second kappa shape index (κ2) is 6.18. The Hall–Kier alpha value is -1.48. The topological polar surface area (TPSA) is 88.4 Å². The third kappa shape index (κ3) is 6.09. The minimum absolute atomic E-state index is 0.382. The van der Waals surface area contributed by atoms with Crippen LogP contribution in [-0.2, 0) is 14.3 Å². The van der Waals surface area contributed by atoms with Gasteiger partial charge in [-0.15, -0.1) is 0 Å². The first kappa shape index (κ1) is 14.5. The summed E-state index contributed by atoms with van der Waals surface area (Å²) in [6, 6.07) is -0.246. The highest BCUT2D eigenvalue weighted by atomic mass is 35.5. The number of hydrogen-bond acceptors (Lipinski definition) is 5. The van der Waals surface area contributed by atoms with Gasteiger partial charge in [-0.1, -0.05) is 11.6 Å². The predicted molar refractivity (Wildman–Crippen MR) is 55.6 cm³/mol. The van der Waals surface area contributed by atoms with Crippen LogP contribution in [0.2, 0.25) is 0 Å². The van der Waals surface area contributed by atoms with Gasteiger partial charge < -0.3 is 9.47 Å². The largest absolute Gasteiger partial charge is 0.447 e. The number of nitriles is 1. The first-order chi connectivity index (χ1) is 7.30. The van der Waals surface area contributed by atoms with E-state index in [4.69, 9.17) is 21.6 Å². The number of amides is 1. The van der Waals surface area contributed by atoms with Crippen molar-refractivity contribution in [1.82, 2.24) is 5.32 Å². The van der Waals surface area contributed by atoms with E-state index in [1.165, 1.54) is 0 Å². The molecule has 0 aromatic carbocycles. The Kier molecular flexibility index (Phi) is 5.61. The minimum atomic E-state index is -1.42. The highest BCUT2D eigenvalue weighted by Gasteiger charge is 2.24. The fourth-order valence-corrected chi connectivity index (χ4v) is 0.814. The third-order valence-corrected chi connectivity index (χ3v) is 1.33. The molecule has 1 unspecified atom stereocenters. The zero-order valence-corrected chi connectivity index (χ0v) is 10.00. The number of nitrogens with zero attached hydrogens (tertiary/aromatic N) is 1. The zero-order chi connectivity index (χ0) is 12.8. The average molecular weight is 249 g/mol. The van der Waals surface area contributed by atoms with E-state index in [-0.39, 0.29) is 6.07 Å². The monoisotopic (exact) mass is 248 g/mol. The highest BCUT2D eigenvalue weighted by molar-refractivity contribution is 6.17. The molecule has 0 aliphatic carbocycles. The van der Waals surface area contributed by atoms with Gasteiger partial charge in [-0.2, -0.15) is 5.26 Å². The Morgan fingerprint density at radius 3 is 2.44 bits per heavy atom. The molecule has 1 atom stereocenters. The number of nitrogens with one attached hydrogen (secondary N) is 1. The van der Waals surface area contributed by atoms with Gasteiger partial charge >= 0.3 is 12.1 Å². The summed E-state index contributed by atoms with van der Waals surface area (Å²) >= 11 is 5.14. The van der Waals surface area contributed by atoms with Gasteiger partial charge in [-0.3, -0.25) is 5.32 Å². The van der Waals surface area contributed by atoms with Crippen molar-refractivity contribution in [3.8, 4) is 6.07 Å². The molecule has 0 spiro atoms. The van der Waals surface area contributed by atoms with Crippen molar-refractivity contribution in [2.75, 3.05) is 6.07 Å². The number of carbonyl (C=O) groups excluding carboxylic acids is 2. The summed E-state index contributed by atoms with van der Waals surface area (Å²) in [6.45, 7) is 4.97. The molecule has 1 amide bonds. The van der Waals surface area contributed by atoms with Crippen LogP contribution in [0.3, 0.4) is 0 Å². The van der Waals surface area contributed by atoms with E-state index in [2.05, 4.69) is 10.1 Å². The quantitative estimate of drug-likeness (QED) is 0.598. The van der Waals surface area contributed by atoms with Crippen molar-refractivity contribution < 1.29 is 19.1 Å². The standard InChI is InChI=1S/C9H13ClN2O4/c1-9(2,3)16-8(14)12-6(4-11)7(13)15-5-10/h6H,5H2,1-3H3,(H,12,14). The molecule has 0 heterocycles. The van der Waals surface area contributed by atoms with Gasteiger partial charge in [0.2, 0.25) is 6.04 Å². The summed E-state index contributed by atoms with van der Waals surface area (Å²) in [6.07, 6.45) is -0.870. The van der Waals surface area contributed by atoms with Gasteiger partial charge in [-0.25, -0.2) is 9.59 Å². The first-order valence-corrected chi connectivity index (χ1v) is 4.95. The summed E-state index contributed by atoms with van der Waals surface area (Å²) in [7, 11) is 0. The lowest BCUT2D eigenvalue weighted by Gasteiger charge is -2.20. The van der Waals surface area contributed by atoms with Gasteiger partial charge in [0, 0.05) is 0 Å².